The van der Waals surface area contributed by atoms with Crippen molar-refractivity contribution in [3.05, 3.63) is 23.8 Å². The molecular formula is C16H21NO2. The molecule has 2 fully saturated rings. The third-order valence-corrected chi connectivity index (χ3v) is 5.20. The predicted molar refractivity (Wildman–Crippen MR) is 73.7 cm³/mol. The number of ether oxygens (including phenoxy) is 2. The summed E-state index contributed by atoms with van der Waals surface area (Å²) in [6.07, 6.45) is 4.84. The fourth-order valence-electron chi connectivity index (χ4n) is 3.16. The van der Waals surface area contributed by atoms with Crippen LogP contribution in [0.2, 0.25) is 0 Å². The van der Waals surface area contributed by atoms with E-state index in [-0.39, 0.29) is 11.5 Å². The highest BCUT2D eigenvalue weighted by Crippen LogP contribution is 2.53. The Hall–Kier alpha value is -1.22. The molecule has 0 radical (unpaired) electrons. The molecule has 2 N–H and O–H groups in total. The first-order valence-electron chi connectivity index (χ1n) is 7.29. The molecule has 3 heteroatoms. The number of rotatable bonds is 2. The number of fused-ring (bicyclic) bond motifs is 1. The Morgan fingerprint density at radius 1 is 1.05 bits per heavy atom. The summed E-state index contributed by atoms with van der Waals surface area (Å²) in [5.41, 5.74) is 7.95. The summed E-state index contributed by atoms with van der Waals surface area (Å²) in [6.45, 7) is 3.71. The molecule has 1 aromatic carbocycles. The van der Waals surface area contributed by atoms with Crippen molar-refractivity contribution in [3.63, 3.8) is 0 Å². The zero-order valence-corrected chi connectivity index (χ0v) is 11.4. The molecule has 1 aliphatic heterocycles. The zero-order valence-electron chi connectivity index (χ0n) is 11.4. The van der Waals surface area contributed by atoms with Crippen molar-refractivity contribution in [1.82, 2.24) is 0 Å². The second-order valence-corrected chi connectivity index (χ2v) is 6.68. The van der Waals surface area contributed by atoms with E-state index in [0.717, 1.165) is 24.7 Å². The molecule has 1 spiro atoms. The average Bonchev–Trinajstić information content (AvgIpc) is 3.28. The number of benzene rings is 1. The quantitative estimate of drug-likeness (QED) is 0.888. The first kappa shape index (κ1) is 11.6. The molecule has 2 aliphatic carbocycles. The van der Waals surface area contributed by atoms with Crippen LogP contribution in [0.1, 0.15) is 38.2 Å². The molecule has 0 saturated heterocycles. The summed E-state index contributed by atoms with van der Waals surface area (Å²) in [6, 6.07) is 6.59. The summed E-state index contributed by atoms with van der Waals surface area (Å²) in [4.78, 5) is 0. The van der Waals surface area contributed by atoms with Gasteiger partial charge in [0, 0.05) is 16.9 Å². The molecule has 0 aromatic heterocycles. The predicted octanol–water partition coefficient (Wildman–Crippen LogP) is 2.62. The monoisotopic (exact) mass is 259 g/mol. The van der Waals surface area contributed by atoms with Crippen molar-refractivity contribution in [2.75, 3.05) is 13.2 Å². The molecule has 3 aliphatic rings. The Labute approximate surface area is 114 Å². The molecule has 0 amide bonds. The van der Waals surface area contributed by atoms with Crippen molar-refractivity contribution in [2.45, 2.75) is 44.1 Å². The highest BCUT2D eigenvalue weighted by atomic mass is 16.5. The fraction of sp³-hybridized carbons (Fsp3) is 0.625. The second kappa shape index (κ2) is 3.66. The Kier molecular flexibility index (Phi) is 2.23. The molecule has 1 aromatic rings. The summed E-state index contributed by atoms with van der Waals surface area (Å²) < 4.78 is 11.9. The van der Waals surface area contributed by atoms with Gasteiger partial charge in [0.2, 0.25) is 0 Å². The summed E-state index contributed by atoms with van der Waals surface area (Å²) >= 11 is 0. The summed E-state index contributed by atoms with van der Waals surface area (Å²) in [5.74, 6) is 1.81. The SMILES string of the molecule is CC(N)C1(c2ccc3c(c2)OCC2(CC2)CO3)CC1. The van der Waals surface area contributed by atoms with Gasteiger partial charge in [-0.2, -0.15) is 0 Å². The molecule has 4 rings (SSSR count). The van der Waals surface area contributed by atoms with Gasteiger partial charge in [-0.3, -0.25) is 0 Å². The number of nitrogens with two attached hydrogens (primary N) is 1. The van der Waals surface area contributed by atoms with Gasteiger partial charge in [0.05, 0.1) is 13.2 Å². The van der Waals surface area contributed by atoms with Crippen LogP contribution < -0.4 is 15.2 Å². The molecule has 2 saturated carbocycles. The van der Waals surface area contributed by atoms with Crippen LogP contribution in [0.3, 0.4) is 0 Å². The van der Waals surface area contributed by atoms with Crippen molar-refractivity contribution >= 4 is 0 Å². The van der Waals surface area contributed by atoms with Crippen LogP contribution in [0.15, 0.2) is 18.2 Å². The van der Waals surface area contributed by atoms with Crippen molar-refractivity contribution < 1.29 is 9.47 Å². The van der Waals surface area contributed by atoms with Crippen LogP contribution in [-0.2, 0) is 5.41 Å². The third-order valence-electron chi connectivity index (χ3n) is 5.20. The second-order valence-electron chi connectivity index (χ2n) is 6.68. The van der Waals surface area contributed by atoms with E-state index in [1.54, 1.807) is 0 Å². The van der Waals surface area contributed by atoms with Gasteiger partial charge in [0.25, 0.3) is 0 Å². The Bertz CT molecular complexity index is 515. The largest absolute Gasteiger partial charge is 0.489 e. The molecular weight excluding hydrogens is 238 g/mol. The van der Waals surface area contributed by atoms with Crippen molar-refractivity contribution in [3.8, 4) is 11.5 Å². The van der Waals surface area contributed by atoms with Gasteiger partial charge in [0.1, 0.15) is 0 Å². The lowest BCUT2D eigenvalue weighted by atomic mass is 9.89. The van der Waals surface area contributed by atoms with Crippen molar-refractivity contribution in [1.29, 1.82) is 0 Å². The van der Waals surface area contributed by atoms with E-state index in [2.05, 4.69) is 25.1 Å². The molecule has 1 heterocycles. The van der Waals surface area contributed by atoms with E-state index in [1.165, 1.54) is 31.2 Å². The third kappa shape index (κ3) is 1.75. The Morgan fingerprint density at radius 3 is 2.32 bits per heavy atom. The maximum atomic E-state index is 6.15. The van der Waals surface area contributed by atoms with Crippen LogP contribution in [0.5, 0.6) is 11.5 Å². The lowest BCUT2D eigenvalue weighted by Gasteiger charge is -2.21. The van der Waals surface area contributed by atoms with Gasteiger partial charge in [-0.1, -0.05) is 6.07 Å². The van der Waals surface area contributed by atoms with Gasteiger partial charge >= 0.3 is 0 Å². The van der Waals surface area contributed by atoms with Crippen LogP contribution in [0, 0.1) is 5.41 Å². The first-order valence-corrected chi connectivity index (χ1v) is 7.29. The normalized spacial score (nSPS) is 26.6. The first-order chi connectivity index (χ1) is 9.14. The minimum atomic E-state index is 0.183. The van der Waals surface area contributed by atoms with Crippen LogP contribution in [0.4, 0.5) is 0 Å². The minimum absolute atomic E-state index is 0.183. The van der Waals surface area contributed by atoms with Gasteiger partial charge in [-0.15, -0.1) is 0 Å². The maximum absolute atomic E-state index is 6.15. The number of hydrogen-bond donors (Lipinski definition) is 1. The maximum Gasteiger partial charge on any atom is 0.161 e. The van der Waals surface area contributed by atoms with Gasteiger partial charge in [0.15, 0.2) is 11.5 Å². The minimum Gasteiger partial charge on any atom is -0.489 e. The van der Waals surface area contributed by atoms with E-state index in [0.29, 0.717) is 5.41 Å². The standard InChI is InChI=1S/C16H21NO2/c1-11(17)16(6-7-16)12-2-3-13-14(8-12)19-10-15(4-5-15)9-18-13/h2-3,8,11H,4-7,9-10,17H2,1H3. The fourth-order valence-corrected chi connectivity index (χ4v) is 3.16. The van der Waals surface area contributed by atoms with Crippen LogP contribution in [0.25, 0.3) is 0 Å². The van der Waals surface area contributed by atoms with E-state index >= 15 is 0 Å². The van der Waals surface area contributed by atoms with Gasteiger partial charge in [-0.05, 0) is 50.3 Å². The van der Waals surface area contributed by atoms with Gasteiger partial charge < -0.3 is 15.2 Å². The van der Waals surface area contributed by atoms with E-state index in [4.69, 9.17) is 15.2 Å². The summed E-state index contributed by atoms with van der Waals surface area (Å²) in [5, 5.41) is 0. The molecule has 1 unspecified atom stereocenters. The highest BCUT2D eigenvalue weighted by Gasteiger charge is 2.49. The molecule has 19 heavy (non-hydrogen) atoms. The van der Waals surface area contributed by atoms with E-state index in [9.17, 15) is 0 Å². The van der Waals surface area contributed by atoms with E-state index < -0.39 is 0 Å². The molecule has 0 bridgehead atoms. The highest BCUT2D eigenvalue weighted by molar-refractivity contribution is 5.48. The van der Waals surface area contributed by atoms with Crippen molar-refractivity contribution in [2.24, 2.45) is 11.1 Å². The topological polar surface area (TPSA) is 44.5 Å². The smallest absolute Gasteiger partial charge is 0.161 e. The molecule has 1 atom stereocenters. The van der Waals surface area contributed by atoms with E-state index in [1.807, 2.05) is 0 Å². The Morgan fingerprint density at radius 2 is 1.74 bits per heavy atom. The lowest BCUT2D eigenvalue weighted by Crippen LogP contribution is -2.31. The lowest BCUT2D eigenvalue weighted by molar-refractivity contribution is 0.197. The zero-order chi connectivity index (χ0) is 13.1. The Balaban J connectivity index is 1.66. The van der Waals surface area contributed by atoms with Crippen LogP contribution >= 0.6 is 0 Å². The van der Waals surface area contributed by atoms with Gasteiger partial charge in [-0.25, -0.2) is 0 Å². The molecule has 102 valence electrons. The summed E-state index contributed by atoms with van der Waals surface area (Å²) in [7, 11) is 0. The van der Waals surface area contributed by atoms with Crippen LogP contribution in [-0.4, -0.2) is 19.3 Å². The average molecular weight is 259 g/mol. The molecule has 3 nitrogen and oxygen atoms in total. The number of hydrogen-bond acceptors (Lipinski definition) is 3.